The van der Waals surface area contributed by atoms with Gasteiger partial charge in [0.2, 0.25) is 5.89 Å². The number of furan rings is 2. The third-order valence-electron chi connectivity index (χ3n) is 2.75. The van der Waals surface area contributed by atoms with Gasteiger partial charge in [0, 0.05) is 6.42 Å². The van der Waals surface area contributed by atoms with E-state index in [1.807, 2.05) is 0 Å². The van der Waals surface area contributed by atoms with E-state index in [0.717, 1.165) is 0 Å². The SMILES string of the molecule is O=C(O)C(Cc1ccco1)c1nnc(-c2ccco2)o1. The third-order valence-corrected chi connectivity index (χ3v) is 2.75. The van der Waals surface area contributed by atoms with E-state index in [-0.39, 0.29) is 18.2 Å². The molecule has 0 saturated carbocycles. The normalized spacial score (nSPS) is 12.4. The summed E-state index contributed by atoms with van der Waals surface area (Å²) in [6.07, 6.45) is 3.09. The highest BCUT2D eigenvalue weighted by Gasteiger charge is 2.28. The first-order valence-corrected chi connectivity index (χ1v) is 5.86. The molecular weight excluding hydrogens is 264 g/mol. The van der Waals surface area contributed by atoms with E-state index in [2.05, 4.69) is 10.2 Å². The van der Waals surface area contributed by atoms with Crippen molar-refractivity contribution in [1.29, 1.82) is 0 Å². The lowest BCUT2D eigenvalue weighted by Crippen LogP contribution is -2.14. The number of aliphatic carboxylic acids is 1. The minimum Gasteiger partial charge on any atom is -0.481 e. The van der Waals surface area contributed by atoms with Gasteiger partial charge in [0.1, 0.15) is 11.7 Å². The van der Waals surface area contributed by atoms with Gasteiger partial charge in [0.15, 0.2) is 5.76 Å². The van der Waals surface area contributed by atoms with Crippen LogP contribution in [0.1, 0.15) is 17.6 Å². The smallest absolute Gasteiger partial charge is 0.316 e. The van der Waals surface area contributed by atoms with Gasteiger partial charge in [-0.25, -0.2) is 0 Å². The Kier molecular flexibility index (Phi) is 3.08. The highest BCUT2D eigenvalue weighted by molar-refractivity contribution is 5.75. The zero-order valence-corrected chi connectivity index (χ0v) is 10.2. The topological polar surface area (TPSA) is 102 Å². The zero-order chi connectivity index (χ0) is 13.9. The van der Waals surface area contributed by atoms with Crippen molar-refractivity contribution in [2.75, 3.05) is 0 Å². The number of carboxylic acids is 1. The molecule has 102 valence electrons. The molecule has 3 rings (SSSR count). The molecule has 0 aliphatic rings. The Morgan fingerprint density at radius 1 is 1.20 bits per heavy atom. The molecule has 0 radical (unpaired) electrons. The van der Waals surface area contributed by atoms with E-state index in [1.54, 1.807) is 24.3 Å². The number of aromatic nitrogens is 2. The quantitative estimate of drug-likeness (QED) is 0.761. The van der Waals surface area contributed by atoms with E-state index >= 15 is 0 Å². The van der Waals surface area contributed by atoms with Crippen molar-refractivity contribution in [3.63, 3.8) is 0 Å². The summed E-state index contributed by atoms with van der Waals surface area (Å²) in [4.78, 5) is 11.3. The number of nitrogens with zero attached hydrogens (tertiary/aromatic N) is 2. The number of carboxylic acid groups (broad SMARTS) is 1. The average Bonchev–Trinajstić information content (AvgIpc) is 3.16. The summed E-state index contributed by atoms with van der Waals surface area (Å²) in [6, 6.07) is 6.71. The molecule has 3 heterocycles. The molecule has 0 fully saturated rings. The number of rotatable bonds is 5. The van der Waals surface area contributed by atoms with E-state index < -0.39 is 11.9 Å². The van der Waals surface area contributed by atoms with Crippen molar-refractivity contribution in [3.8, 4) is 11.7 Å². The Hall–Kier alpha value is -2.83. The van der Waals surface area contributed by atoms with Gasteiger partial charge in [0.05, 0.1) is 12.5 Å². The second kappa shape index (κ2) is 5.04. The first kappa shape index (κ1) is 12.2. The van der Waals surface area contributed by atoms with Crippen LogP contribution >= 0.6 is 0 Å². The van der Waals surface area contributed by atoms with Crippen LogP contribution < -0.4 is 0 Å². The number of carbonyl (C=O) groups is 1. The van der Waals surface area contributed by atoms with Crippen LogP contribution in [0.25, 0.3) is 11.7 Å². The Labute approximate surface area is 112 Å². The second-order valence-electron chi connectivity index (χ2n) is 4.10. The Morgan fingerprint density at radius 2 is 2.00 bits per heavy atom. The van der Waals surface area contributed by atoms with Crippen molar-refractivity contribution in [1.82, 2.24) is 10.2 Å². The Bertz CT molecular complexity index is 684. The zero-order valence-electron chi connectivity index (χ0n) is 10.2. The van der Waals surface area contributed by atoms with Gasteiger partial charge in [-0.2, -0.15) is 0 Å². The van der Waals surface area contributed by atoms with Crippen molar-refractivity contribution >= 4 is 5.97 Å². The highest BCUT2D eigenvalue weighted by atomic mass is 16.4. The lowest BCUT2D eigenvalue weighted by molar-refractivity contribution is -0.139. The molecule has 3 aromatic heterocycles. The monoisotopic (exact) mass is 274 g/mol. The fourth-order valence-electron chi connectivity index (χ4n) is 1.79. The van der Waals surface area contributed by atoms with Gasteiger partial charge in [-0.05, 0) is 24.3 Å². The van der Waals surface area contributed by atoms with E-state index in [4.69, 9.17) is 13.3 Å². The fourth-order valence-corrected chi connectivity index (χ4v) is 1.79. The van der Waals surface area contributed by atoms with Crippen LogP contribution in [-0.4, -0.2) is 21.3 Å². The molecule has 0 saturated heterocycles. The molecule has 20 heavy (non-hydrogen) atoms. The number of hydrogen-bond donors (Lipinski definition) is 1. The predicted octanol–water partition coefficient (Wildman–Crippen LogP) is 2.33. The molecule has 0 bridgehead atoms. The van der Waals surface area contributed by atoms with Gasteiger partial charge in [-0.1, -0.05) is 0 Å². The van der Waals surface area contributed by atoms with Crippen LogP contribution in [-0.2, 0) is 11.2 Å². The Morgan fingerprint density at radius 3 is 2.65 bits per heavy atom. The summed E-state index contributed by atoms with van der Waals surface area (Å²) >= 11 is 0. The summed E-state index contributed by atoms with van der Waals surface area (Å²) in [5.74, 6) is -0.926. The van der Waals surface area contributed by atoms with Gasteiger partial charge in [0.25, 0.3) is 5.89 Å². The molecule has 1 atom stereocenters. The van der Waals surface area contributed by atoms with Crippen LogP contribution in [0.3, 0.4) is 0 Å². The Balaban J connectivity index is 1.86. The molecule has 0 aliphatic carbocycles. The minimum atomic E-state index is -1.06. The molecule has 3 aromatic rings. The summed E-state index contributed by atoms with van der Waals surface area (Å²) in [6.45, 7) is 0. The maximum Gasteiger partial charge on any atom is 0.316 e. The largest absolute Gasteiger partial charge is 0.481 e. The third kappa shape index (κ3) is 2.33. The molecule has 7 heteroatoms. The highest BCUT2D eigenvalue weighted by Crippen LogP contribution is 2.25. The lowest BCUT2D eigenvalue weighted by Gasteiger charge is -2.05. The van der Waals surface area contributed by atoms with E-state index in [0.29, 0.717) is 11.5 Å². The molecular formula is C13H10N2O5. The van der Waals surface area contributed by atoms with E-state index in [9.17, 15) is 9.90 Å². The van der Waals surface area contributed by atoms with Gasteiger partial charge < -0.3 is 18.4 Å². The van der Waals surface area contributed by atoms with Crippen molar-refractivity contribution in [3.05, 3.63) is 48.4 Å². The predicted molar refractivity (Wildman–Crippen MR) is 64.8 cm³/mol. The molecule has 1 N–H and O–H groups in total. The van der Waals surface area contributed by atoms with Crippen LogP contribution in [0.2, 0.25) is 0 Å². The van der Waals surface area contributed by atoms with Crippen molar-refractivity contribution < 1.29 is 23.2 Å². The molecule has 0 aliphatic heterocycles. The average molecular weight is 274 g/mol. The molecule has 0 spiro atoms. The van der Waals surface area contributed by atoms with Crippen LogP contribution in [0.4, 0.5) is 0 Å². The maximum absolute atomic E-state index is 11.3. The first-order chi connectivity index (χ1) is 9.74. The fraction of sp³-hybridized carbons (Fsp3) is 0.154. The molecule has 0 amide bonds. The first-order valence-electron chi connectivity index (χ1n) is 5.86. The summed E-state index contributed by atoms with van der Waals surface area (Å²) in [5.41, 5.74) is 0. The standard InChI is InChI=1S/C13H10N2O5/c16-13(17)9(7-8-3-1-5-18-8)11-14-15-12(20-11)10-4-2-6-19-10/h1-6,9H,7H2,(H,16,17). The van der Waals surface area contributed by atoms with Crippen LogP contribution in [0.5, 0.6) is 0 Å². The summed E-state index contributed by atoms with van der Waals surface area (Å²) in [5, 5.41) is 16.8. The molecule has 1 unspecified atom stereocenters. The second-order valence-corrected chi connectivity index (χ2v) is 4.10. The minimum absolute atomic E-state index is 0.0142. The van der Waals surface area contributed by atoms with Crippen molar-refractivity contribution in [2.45, 2.75) is 12.3 Å². The summed E-state index contributed by atoms with van der Waals surface area (Å²) < 4.78 is 15.6. The molecule has 7 nitrogen and oxygen atoms in total. The van der Waals surface area contributed by atoms with E-state index in [1.165, 1.54) is 12.5 Å². The molecule has 0 aromatic carbocycles. The summed E-state index contributed by atoms with van der Waals surface area (Å²) in [7, 11) is 0. The maximum atomic E-state index is 11.3. The van der Waals surface area contributed by atoms with Gasteiger partial charge in [-0.3, -0.25) is 4.79 Å². The van der Waals surface area contributed by atoms with Crippen LogP contribution in [0, 0.1) is 0 Å². The van der Waals surface area contributed by atoms with Gasteiger partial charge >= 0.3 is 5.97 Å². The lowest BCUT2D eigenvalue weighted by atomic mass is 10.0. The number of hydrogen-bond acceptors (Lipinski definition) is 6. The van der Waals surface area contributed by atoms with Gasteiger partial charge in [-0.15, -0.1) is 10.2 Å². The van der Waals surface area contributed by atoms with Crippen molar-refractivity contribution in [2.24, 2.45) is 0 Å². The van der Waals surface area contributed by atoms with Crippen LogP contribution in [0.15, 0.2) is 50.0 Å².